The smallest absolute Gasteiger partial charge is 0.326 e. The van der Waals surface area contributed by atoms with Gasteiger partial charge in [0.1, 0.15) is 5.54 Å². The Morgan fingerprint density at radius 2 is 2.18 bits per heavy atom. The molecular weight excluding hydrogens is 280 g/mol. The average molecular weight is 304 g/mol. The quantitative estimate of drug-likeness (QED) is 0.880. The minimum absolute atomic E-state index is 0.277. The number of hydrogen-bond acceptors (Lipinski definition) is 4. The average Bonchev–Trinajstić information content (AvgIpc) is 2.51. The van der Waals surface area contributed by atoms with Gasteiger partial charge in [0.05, 0.1) is 12.7 Å². The number of nitrogens with zero attached hydrogens (tertiary/aromatic N) is 1. The van der Waals surface area contributed by atoms with Gasteiger partial charge in [0, 0.05) is 25.7 Å². The second kappa shape index (κ2) is 5.99. The van der Waals surface area contributed by atoms with E-state index in [9.17, 15) is 9.90 Å². The molecule has 0 radical (unpaired) electrons. The summed E-state index contributed by atoms with van der Waals surface area (Å²) in [4.78, 5) is 13.9. The third kappa shape index (κ3) is 2.64. The van der Waals surface area contributed by atoms with Gasteiger partial charge in [-0.2, -0.15) is 0 Å². The van der Waals surface area contributed by atoms with Crippen LogP contribution in [-0.4, -0.2) is 53.4 Å². The third-order valence-corrected chi connectivity index (χ3v) is 5.22. The highest BCUT2D eigenvalue weighted by Crippen LogP contribution is 2.27. The summed E-state index contributed by atoms with van der Waals surface area (Å²) in [6, 6.07) is 8.72. The molecule has 0 spiro atoms. The summed E-state index contributed by atoms with van der Waals surface area (Å²) in [5, 5.41) is 13.2. The van der Waals surface area contributed by atoms with Gasteiger partial charge in [0.2, 0.25) is 0 Å². The zero-order valence-corrected chi connectivity index (χ0v) is 13.2. The van der Waals surface area contributed by atoms with Crippen LogP contribution in [0, 0.1) is 0 Å². The highest BCUT2D eigenvalue weighted by atomic mass is 16.5. The largest absolute Gasteiger partial charge is 0.480 e. The van der Waals surface area contributed by atoms with E-state index in [0.717, 1.165) is 19.5 Å². The number of fused-ring (bicyclic) bond motifs is 1. The maximum absolute atomic E-state index is 11.8. The highest BCUT2D eigenvalue weighted by Gasteiger charge is 2.48. The fourth-order valence-corrected chi connectivity index (χ4v) is 3.50. The number of hydrogen-bond donors (Lipinski definition) is 2. The summed E-state index contributed by atoms with van der Waals surface area (Å²) in [6.45, 7) is 6.45. The van der Waals surface area contributed by atoms with Crippen LogP contribution >= 0.6 is 0 Å². The Hall–Kier alpha value is -1.43. The first kappa shape index (κ1) is 15.5. The first-order valence-electron chi connectivity index (χ1n) is 7.92. The fraction of sp³-hybridized carbons (Fsp3) is 0.588. The van der Waals surface area contributed by atoms with Gasteiger partial charge in [-0.05, 0) is 31.4 Å². The number of nitrogens with one attached hydrogen (secondary N) is 1. The van der Waals surface area contributed by atoms with Crippen molar-refractivity contribution in [2.24, 2.45) is 0 Å². The molecule has 0 amide bonds. The van der Waals surface area contributed by atoms with Gasteiger partial charge in [-0.25, -0.2) is 0 Å². The molecule has 1 fully saturated rings. The Labute approximate surface area is 131 Å². The lowest BCUT2D eigenvalue weighted by Gasteiger charge is -2.47. The van der Waals surface area contributed by atoms with Gasteiger partial charge < -0.3 is 15.2 Å². The second-order valence-electron chi connectivity index (χ2n) is 6.46. The SMILES string of the molecule is CC1OCCN(CC2Cc3ccccc3CN2)C1(C)C(=O)O. The lowest BCUT2D eigenvalue weighted by molar-refractivity contribution is -0.173. The maximum atomic E-state index is 11.8. The Kier molecular flexibility index (Phi) is 4.21. The van der Waals surface area contributed by atoms with Crippen LogP contribution in [-0.2, 0) is 22.5 Å². The summed E-state index contributed by atoms with van der Waals surface area (Å²) in [5.74, 6) is -0.809. The monoisotopic (exact) mass is 304 g/mol. The van der Waals surface area contributed by atoms with Gasteiger partial charge >= 0.3 is 5.97 Å². The maximum Gasteiger partial charge on any atom is 0.326 e. The van der Waals surface area contributed by atoms with Crippen molar-refractivity contribution in [3.05, 3.63) is 35.4 Å². The van der Waals surface area contributed by atoms with E-state index in [1.807, 2.05) is 6.92 Å². The summed E-state index contributed by atoms with van der Waals surface area (Å²) in [5.41, 5.74) is 1.75. The van der Waals surface area contributed by atoms with Crippen molar-refractivity contribution < 1.29 is 14.6 Å². The molecule has 1 saturated heterocycles. The molecule has 120 valence electrons. The molecule has 0 bridgehead atoms. The standard InChI is InChI=1S/C17H24N2O3/c1-12-17(2,16(20)21)19(7-8-22-12)11-15-9-13-5-3-4-6-14(13)10-18-15/h3-6,12,15,18H,7-11H2,1-2H3,(H,20,21). The van der Waals surface area contributed by atoms with Crippen LogP contribution in [0.2, 0.25) is 0 Å². The molecule has 1 aromatic rings. The van der Waals surface area contributed by atoms with E-state index in [-0.39, 0.29) is 12.1 Å². The van der Waals surface area contributed by atoms with E-state index < -0.39 is 11.5 Å². The third-order valence-electron chi connectivity index (χ3n) is 5.22. The fourth-order valence-electron chi connectivity index (χ4n) is 3.50. The van der Waals surface area contributed by atoms with E-state index in [1.165, 1.54) is 11.1 Å². The molecule has 0 saturated carbocycles. The first-order chi connectivity index (χ1) is 10.5. The van der Waals surface area contributed by atoms with E-state index in [4.69, 9.17) is 4.74 Å². The molecule has 5 heteroatoms. The van der Waals surface area contributed by atoms with Crippen LogP contribution in [0.5, 0.6) is 0 Å². The summed E-state index contributed by atoms with van der Waals surface area (Å²) in [7, 11) is 0. The molecule has 5 nitrogen and oxygen atoms in total. The summed E-state index contributed by atoms with van der Waals surface area (Å²) in [6.07, 6.45) is 0.632. The zero-order valence-electron chi connectivity index (χ0n) is 13.2. The molecule has 2 heterocycles. The van der Waals surface area contributed by atoms with Crippen molar-refractivity contribution in [2.45, 2.75) is 44.5 Å². The molecule has 2 aliphatic rings. The highest BCUT2D eigenvalue weighted by molar-refractivity contribution is 5.79. The van der Waals surface area contributed by atoms with Crippen molar-refractivity contribution in [3.8, 4) is 0 Å². The number of carbonyl (C=O) groups is 1. The Balaban J connectivity index is 1.74. The number of rotatable bonds is 3. The van der Waals surface area contributed by atoms with Crippen LogP contribution < -0.4 is 5.32 Å². The number of ether oxygens (including phenoxy) is 1. The van der Waals surface area contributed by atoms with E-state index in [0.29, 0.717) is 13.2 Å². The number of aliphatic carboxylic acids is 1. The summed E-state index contributed by atoms with van der Waals surface area (Å²) >= 11 is 0. The predicted molar refractivity (Wildman–Crippen MR) is 83.8 cm³/mol. The van der Waals surface area contributed by atoms with Crippen molar-refractivity contribution in [2.75, 3.05) is 19.7 Å². The minimum atomic E-state index is -0.961. The van der Waals surface area contributed by atoms with Gasteiger partial charge in [-0.1, -0.05) is 24.3 Å². The van der Waals surface area contributed by atoms with Crippen LogP contribution in [0.1, 0.15) is 25.0 Å². The van der Waals surface area contributed by atoms with Crippen molar-refractivity contribution in [1.82, 2.24) is 10.2 Å². The van der Waals surface area contributed by atoms with Crippen molar-refractivity contribution in [1.29, 1.82) is 0 Å². The molecule has 22 heavy (non-hydrogen) atoms. The van der Waals surface area contributed by atoms with Gasteiger partial charge in [0.25, 0.3) is 0 Å². The number of benzene rings is 1. The van der Waals surface area contributed by atoms with Gasteiger partial charge in [-0.3, -0.25) is 9.69 Å². The number of carboxylic acids is 1. The lowest BCUT2D eigenvalue weighted by atomic mass is 9.89. The van der Waals surface area contributed by atoms with Crippen molar-refractivity contribution in [3.63, 3.8) is 0 Å². The molecule has 3 atom stereocenters. The van der Waals surface area contributed by atoms with Gasteiger partial charge in [0.15, 0.2) is 0 Å². The van der Waals surface area contributed by atoms with Gasteiger partial charge in [-0.15, -0.1) is 0 Å². The second-order valence-corrected chi connectivity index (χ2v) is 6.46. The Morgan fingerprint density at radius 1 is 1.45 bits per heavy atom. The summed E-state index contributed by atoms with van der Waals surface area (Å²) < 4.78 is 5.59. The zero-order chi connectivity index (χ0) is 15.7. The molecule has 0 aromatic heterocycles. The van der Waals surface area contributed by atoms with E-state index in [2.05, 4.69) is 34.5 Å². The molecular formula is C17H24N2O3. The normalized spacial score (nSPS) is 32.5. The van der Waals surface area contributed by atoms with Crippen LogP contribution in [0.15, 0.2) is 24.3 Å². The molecule has 2 N–H and O–H groups in total. The number of carboxylic acid groups (broad SMARTS) is 1. The lowest BCUT2D eigenvalue weighted by Crippen LogP contribution is -2.66. The van der Waals surface area contributed by atoms with Crippen LogP contribution in [0.3, 0.4) is 0 Å². The van der Waals surface area contributed by atoms with Crippen LogP contribution in [0.25, 0.3) is 0 Å². The van der Waals surface area contributed by atoms with Crippen molar-refractivity contribution >= 4 is 5.97 Å². The Morgan fingerprint density at radius 3 is 2.91 bits per heavy atom. The molecule has 3 unspecified atom stereocenters. The first-order valence-corrected chi connectivity index (χ1v) is 7.92. The van der Waals surface area contributed by atoms with Crippen LogP contribution in [0.4, 0.5) is 0 Å². The van der Waals surface area contributed by atoms with E-state index >= 15 is 0 Å². The van der Waals surface area contributed by atoms with E-state index in [1.54, 1.807) is 6.92 Å². The molecule has 0 aliphatic carbocycles. The molecule has 2 aliphatic heterocycles. The number of morpholine rings is 1. The molecule has 3 rings (SSSR count). The minimum Gasteiger partial charge on any atom is -0.480 e. The Bertz CT molecular complexity index is 563. The predicted octanol–water partition coefficient (Wildman–Crippen LogP) is 1.26. The topological polar surface area (TPSA) is 61.8 Å². The molecule has 1 aromatic carbocycles.